The standard InChI is InChI=1S/C16H12N4O7S/c1-8-2-3-9(15(22)23)6-13(8)17-16(28)18-14(21)10-4-11(19(24)25)7-12(5-10)20(26)27/h2-7H,1H3,(H,22,23)(H2,17,18,21,28). The smallest absolute Gasteiger partial charge is 0.335 e. The molecule has 28 heavy (non-hydrogen) atoms. The molecule has 11 nitrogen and oxygen atoms in total. The number of amides is 1. The second-order valence-electron chi connectivity index (χ2n) is 5.50. The maximum absolute atomic E-state index is 12.3. The molecule has 0 spiro atoms. The van der Waals surface area contributed by atoms with E-state index in [0.717, 1.165) is 18.2 Å². The lowest BCUT2D eigenvalue weighted by molar-refractivity contribution is -0.394. The average molecular weight is 404 g/mol. The van der Waals surface area contributed by atoms with Crippen LogP contribution in [0, 0.1) is 27.2 Å². The highest BCUT2D eigenvalue weighted by Gasteiger charge is 2.20. The van der Waals surface area contributed by atoms with Crippen molar-refractivity contribution < 1.29 is 24.5 Å². The van der Waals surface area contributed by atoms with Crippen molar-refractivity contribution in [3.8, 4) is 0 Å². The minimum absolute atomic E-state index is 0.00321. The van der Waals surface area contributed by atoms with Crippen LogP contribution >= 0.6 is 12.2 Å². The highest BCUT2D eigenvalue weighted by Crippen LogP contribution is 2.23. The Bertz CT molecular complexity index is 990. The van der Waals surface area contributed by atoms with Crippen LogP contribution in [0.25, 0.3) is 0 Å². The average Bonchev–Trinajstić information content (AvgIpc) is 2.62. The Kier molecular flexibility index (Phi) is 5.95. The molecule has 2 rings (SSSR count). The predicted molar refractivity (Wildman–Crippen MR) is 102 cm³/mol. The quantitative estimate of drug-likeness (QED) is 0.386. The molecule has 0 atom stereocenters. The van der Waals surface area contributed by atoms with Crippen molar-refractivity contribution in [3.63, 3.8) is 0 Å². The molecule has 3 N–H and O–H groups in total. The van der Waals surface area contributed by atoms with E-state index in [2.05, 4.69) is 10.6 Å². The van der Waals surface area contributed by atoms with Crippen molar-refractivity contribution in [2.24, 2.45) is 0 Å². The van der Waals surface area contributed by atoms with Gasteiger partial charge in [-0.05, 0) is 36.8 Å². The molecule has 0 aromatic heterocycles. The van der Waals surface area contributed by atoms with Crippen LogP contribution in [0.3, 0.4) is 0 Å². The summed E-state index contributed by atoms with van der Waals surface area (Å²) in [4.78, 5) is 43.4. The van der Waals surface area contributed by atoms with Crippen LogP contribution in [-0.2, 0) is 0 Å². The van der Waals surface area contributed by atoms with Crippen LogP contribution in [-0.4, -0.2) is 31.9 Å². The Morgan fingerprint density at radius 2 is 1.57 bits per heavy atom. The summed E-state index contributed by atoms with van der Waals surface area (Å²) in [6.45, 7) is 1.68. The zero-order chi connectivity index (χ0) is 21.0. The van der Waals surface area contributed by atoms with E-state index in [1.165, 1.54) is 12.1 Å². The third-order valence-corrected chi connectivity index (χ3v) is 3.75. The number of aromatic carboxylic acids is 1. The van der Waals surface area contributed by atoms with Gasteiger partial charge in [-0.25, -0.2) is 4.79 Å². The highest BCUT2D eigenvalue weighted by atomic mass is 32.1. The van der Waals surface area contributed by atoms with Crippen LogP contribution in [0.5, 0.6) is 0 Å². The molecule has 1 amide bonds. The van der Waals surface area contributed by atoms with Gasteiger partial charge in [0.05, 0.1) is 27.0 Å². The summed E-state index contributed by atoms with van der Waals surface area (Å²) < 4.78 is 0. The summed E-state index contributed by atoms with van der Waals surface area (Å²) in [7, 11) is 0. The summed E-state index contributed by atoms with van der Waals surface area (Å²) >= 11 is 4.99. The zero-order valence-corrected chi connectivity index (χ0v) is 15.0. The van der Waals surface area contributed by atoms with Gasteiger partial charge in [-0.3, -0.25) is 30.3 Å². The number of nitrogens with one attached hydrogen (secondary N) is 2. The molecule has 2 aromatic carbocycles. The molecular formula is C16H12N4O7S. The number of carboxylic acid groups (broad SMARTS) is 1. The van der Waals surface area contributed by atoms with Gasteiger partial charge in [0.2, 0.25) is 0 Å². The zero-order valence-electron chi connectivity index (χ0n) is 14.2. The van der Waals surface area contributed by atoms with E-state index in [-0.39, 0.29) is 16.2 Å². The molecule has 0 aliphatic carbocycles. The molecule has 0 saturated heterocycles. The molecule has 144 valence electrons. The summed E-state index contributed by atoms with van der Waals surface area (Å²) in [5, 5.41) is 35.5. The van der Waals surface area contributed by atoms with Crippen molar-refractivity contribution in [2.45, 2.75) is 6.92 Å². The Hall–Kier alpha value is -3.93. The molecule has 0 fully saturated rings. The maximum atomic E-state index is 12.3. The summed E-state index contributed by atoms with van der Waals surface area (Å²) in [5.74, 6) is -2.06. The van der Waals surface area contributed by atoms with Gasteiger partial charge in [-0.15, -0.1) is 0 Å². The summed E-state index contributed by atoms with van der Waals surface area (Å²) in [5.41, 5.74) is -0.605. The SMILES string of the molecule is Cc1ccc(C(=O)O)cc1NC(=S)NC(=O)c1cc([N+](=O)[O-])cc([N+](=O)[O-])c1. The van der Waals surface area contributed by atoms with Crippen LogP contribution in [0.1, 0.15) is 26.3 Å². The first-order chi connectivity index (χ1) is 13.1. The number of thiocarbonyl (C=S) groups is 1. The third kappa shape index (κ3) is 4.82. The summed E-state index contributed by atoms with van der Waals surface area (Å²) in [6, 6.07) is 6.73. The number of nitro groups is 2. The van der Waals surface area contributed by atoms with E-state index in [0.29, 0.717) is 11.3 Å². The molecule has 0 unspecified atom stereocenters. The number of nitro benzene ring substituents is 2. The monoisotopic (exact) mass is 404 g/mol. The Morgan fingerprint density at radius 3 is 2.07 bits per heavy atom. The second kappa shape index (κ2) is 8.18. The highest BCUT2D eigenvalue weighted by molar-refractivity contribution is 7.80. The number of non-ortho nitro benzene ring substituents is 2. The molecule has 0 heterocycles. The number of carbonyl (C=O) groups is 2. The van der Waals surface area contributed by atoms with Crippen molar-refractivity contribution in [2.75, 3.05) is 5.32 Å². The number of rotatable bonds is 5. The Morgan fingerprint density at radius 1 is 1.00 bits per heavy atom. The molecule has 12 heteroatoms. The fourth-order valence-corrected chi connectivity index (χ4v) is 2.36. The predicted octanol–water partition coefficient (Wildman–Crippen LogP) is 2.64. The fourth-order valence-electron chi connectivity index (χ4n) is 2.16. The van der Waals surface area contributed by atoms with Crippen LogP contribution in [0.4, 0.5) is 17.1 Å². The Balaban J connectivity index is 2.22. The van der Waals surface area contributed by atoms with E-state index >= 15 is 0 Å². The maximum Gasteiger partial charge on any atom is 0.335 e. The van der Waals surface area contributed by atoms with Gasteiger partial charge in [0, 0.05) is 17.8 Å². The van der Waals surface area contributed by atoms with E-state index in [1.54, 1.807) is 13.0 Å². The van der Waals surface area contributed by atoms with Gasteiger partial charge in [-0.2, -0.15) is 0 Å². The molecule has 0 bridgehead atoms. The number of hydrogen-bond acceptors (Lipinski definition) is 7. The van der Waals surface area contributed by atoms with Gasteiger partial charge in [0.1, 0.15) is 0 Å². The number of nitrogens with zero attached hydrogens (tertiary/aromatic N) is 2. The first-order valence-electron chi connectivity index (χ1n) is 7.48. The molecule has 0 saturated carbocycles. The first kappa shape index (κ1) is 20.4. The van der Waals surface area contributed by atoms with E-state index in [1.807, 2.05) is 0 Å². The van der Waals surface area contributed by atoms with Gasteiger partial charge < -0.3 is 10.4 Å². The first-order valence-corrected chi connectivity index (χ1v) is 7.89. The van der Waals surface area contributed by atoms with Crippen LogP contribution in [0.2, 0.25) is 0 Å². The van der Waals surface area contributed by atoms with Crippen molar-refractivity contribution in [3.05, 3.63) is 73.3 Å². The third-order valence-electron chi connectivity index (χ3n) is 3.55. The molecule has 0 aliphatic rings. The normalized spacial score (nSPS) is 10.0. The van der Waals surface area contributed by atoms with Crippen molar-refractivity contribution in [1.29, 1.82) is 0 Å². The number of anilines is 1. The van der Waals surface area contributed by atoms with Crippen molar-refractivity contribution >= 4 is 46.3 Å². The van der Waals surface area contributed by atoms with Gasteiger partial charge in [0.15, 0.2) is 5.11 Å². The minimum Gasteiger partial charge on any atom is -0.478 e. The summed E-state index contributed by atoms with van der Waals surface area (Å²) in [6.07, 6.45) is 0. The lowest BCUT2D eigenvalue weighted by Crippen LogP contribution is -2.34. The van der Waals surface area contributed by atoms with Gasteiger partial charge in [-0.1, -0.05) is 6.07 Å². The van der Waals surface area contributed by atoms with E-state index in [9.17, 15) is 29.8 Å². The van der Waals surface area contributed by atoms with Crippen LogP contribution < -0.4 is 10.6 Å². The van der Waals surface area contributed by atoms with E-state index in [4.69, 9.17) is 17.3 Å². The van der Waals surface area contributed by atoms with Gasteiger partial charge >= 0.3 is 5.97 Å². The van der Waals surface area contributed by atoms with E-state index < -0.39 is 33.1 Å². The number of hydrogen-bond donors (Lipinski definition) is 3. The number of carboxylic acids is 1. The number of benzene rings is 2. The molecule has 0 aliphatic heterocycles. The number of carbonyl (C=O) groups excluding carboxylic acids is 1. The minimum atomic E-state index is -1.15. The fraction of sp³-hybridized carbons (Fsp3) is 0.0625. The molecule has 2 aromatic rings. The second-order valence-corrected chi connectivity index (χ2v) is 5.90. The molecule has 0 radical (unpaired) electrons. The van der Waals surface area contributed by atoms with Gasteiger partial charge in [0.25, 0.3) is 17.3 Å². The number of aryl methyl sites for hydroxylation is 1. The molecular weight excluding hydrogens is 392 g/mol. The topological polar surface area (TPSA) is 165 Å². The Labute approximate surface area is 162 Å². The lowest BCUT2D eigenvalue weighted by atomic mass is 10.1. The largest absolute Gasteiger partial charge is 0.478 e. The van der Waals surface area contributed by atoms with Crippen LogP contribution in [0.15, 0.2) is 36.4 Å². The van der Waals surface area contributed by atoms with Crippen molar-refractivity contribution in [1.82, 2.24) is 5.32 Å². The lowest BCUT2D eigenvalue weighted by Gasteiger charge is -2.12.